The molecule has 20 heavy (non-hydrogen) atoms. The Kier molecular flexibility index (Phi) is 4.24. The van der Waals surface area contributed by atoms with Crippen molar-refractivity contribution in [2.45, 2.75) is 36.8 Å². The van der Waals surface area contributed by atoms with Gasteiger partial charge in [-0.05, 0) is 12.8 Å². The van der Waals surface area contributed by atoms with Crippen molar-refractivity contribution >= 4 is 16.0 Å². The van der Waals surface area contributed by atoms with Crippen molar-refractivity contribution in [2.75, 3.05) is 6.54 Å². The molecule has 0 atom stereocenters. The summed E-state index contributed by atoms with van der Waals surface area (Å²) in [5, 5.41) is 14.5. The molecule has 0 amide bonds. The molecule has 1 aliphatic carbocycles. The molecule has 0 aromatic carbocycles. The van der Waals surface area contributed by atoms with E-state index < -0.39 is 16.0 Å². The van der Waals surface area contributed by atoms with E-state index in [1.54, 1.807) is 0 Å². The van der Waals surface area contributed by atoms with Gasteiger partial charge in [0.25, 0.3) is 10.0 Å². The van der Waals surface area contributed by atoms with E-state index in [1.807, 2.05) is 0 Å². The highest BCUT2D eigenvalue weighted by Gasteiger charge is 2.36. The SMILES string of the molecule is C=CCN(C1CCCC1)S(=O)(=O)c1[nH]ncc1C(=O)O. The fourth-order valence-electron chi connectivity index (χ4n) is 2.50. The largest absolute Gasteiger partial charge is 0.478 e. The predicted octanol–water partition coefficient (Wildman–Crippen LogP) is 1.23. The summed E-state index contributed by atoms with van der Waals surface area (Å²) in [6.07, 6.45) is 6.03. The number of hydrogen-bond donors (Lipinski definition) is 2. The number of hydrogen-bond acceptors (Lipinski definition) is 4. The van der Waals surface area contributed by atoms with Crippen LogP contribution in [0.15, 0.2) is 23.9 Å². The van der Waals surface area contributed by atoms with Crippen molar-refractivity contribution in [3.63, 3.8) is 0 Å². The van der Waals surface area contributed by atoms with Crippen LogP contribution in [0.3, 0.4) is 0 Å². The topological polar surface area (TPSA) is 103 Å². The Labute approximate surface area is 117 Å². The highest BCUT2D eigenvalue weighted by Crippen LogP contribution is 2.29. The Morgan fingerprint density at radius 2 is 2.20 bits per heavy atom. The highest BCUT2D eigenvalue weighted by molar-refractivity contribution is 7.89. The second-order valence-electron chi connectivity index (χ2n) is 4.72. The summed E-state index contributed by atoms with van der Waals surface area (Å²) in [5.41, 5.74) is -0.336. The molecule has 1 saturated carbocycles. The number of carboxylic acid groups (broad SMARTS) is 1. The lowest BCUT2D eigenvalue weighted by molar-refractivity contribution is 0.0692. The number of H-pyrrole nitrogens is 1. The number of aromatic carboxylic acids is 1. The van der Waals surface area contributed by atoms with Gasteiger partial charge in [-0.15, -0.1) is 6.58 Å². The first-order valence-electron chi connectivity index (χ1n) is 6.38. The van der Waals surface area contributed by atoms with Gasteiger partial charge in [0, 0.05) is 12.6 Å². The molecule has 2 rings (SSSR count). The number of aromatic amines is 1. The van der Waals surface area contributed by atoms with E-state index >= 15 is 0 Å². The van der Waals surface area contributed by atoms with Gasteiger partial charge in [-0.3, -0.25) is 5.10 Å². The lowest BCUT2D eigenvalue weighted by Gasteiger charge is -2.26. The minimum atomic E-state index is -3.92. The average Bonchev–Trinajstić information content (AvgIpc) is 3.06. The molecule has 1 heterocycles. The number of sulfonamides is 1. The Morgan fingerprint density at radius 3 is 2.75 bits per heavy atom. The minimum Gasteiger partial charge on any atom is -0.478 e. The first-order valence-corrected chi connectivity index (χ1v) is 7.82. The van der Waals surface area contributed by atoms with E-state index in [9.17, 15) is 13.2 Å². The van der Waals surface area contributed by atoms with Gasteiger partial charge in [-0.25, -0.2) is 13.2 Å². The molecule has 0 radical (unpaired) electrons. The maximum absolute atomic E-state index is 12.6. The van der Waals surface area contributed by atoms with Gasteiger partial charge in [0.05, 0.1) is 6.20 Å². The van der Waals surface area contributed by atoms with Gasteiger partial charge in [-0.2, -0.15) is 9.40 Å². The summed E-state index contributed by atoms with van der Waals surface area (Å²) >= 11 is 0. The fourth-order valence-corrected chi connectivity index (χ4v) is 4.23. The second-order valence-corrected chi connectivity index (χ2v) is 6.55. The Bertz CT molecular complexity index is 602. The zero-order valence-corrected chi connectivity index (χ0v) is 11.8. The van der Waals surface area contributed by atoms with Gasteiger partial charge in [-0.1, -0.05) is 18.9 Å². The quantitative estimate of drug-likeness (QED) is 0.769. The monoisotopic (exact) mass is 299 g/mol. The number of rotatable bonds is 6. The molecular formula is C12H17N3O4S. The normalized spacial score (nSPS) is 16.6. The first kappa shape index (κ1) is 14.7. The fraction of sp³-hybridized carbons (Fsp3) is 0.500. The van der Waals surface area contributed by atoms with Gasteiger partial charge in [0.15, 0.2) is 5.03 Å². The zero-order valence-electron chi connectivity index (χ0n) is 10.9. The molecule has 2 N–H and O–H groups in total. The van der Waals surface area contributed by atoms with E-state index in [1.165, 1.54) is 10.4 Å². The third-order valence-electron chi connectivity index (χ3n) is 3.44. The molecule has 0 spiro atoms. The van der Waals surface area contributed by atoms with Crippen LogP contribution in [0.25, 0.3) is 0 Å². The number of carboxylic acids is 1. The molecule has 1 aromatic rings. The Hall–Kier alpha value is -1.67. The zero-order chi connectivity index (χ0) is 14.8. The molecule has 0 bridgehead atoms. The van der Waals surface area contributed by atoms with Gasteiger partial charge in [0.2, 0.25) is 0 Å². The summed E-state index contributed by atoms with van der Waals surface area (Å²) in [6.45, 7) is 3.73. The molecule has 0 unspecified atom stereocenters. The van der Waals surface area contributed by atoms with Crippen LogP contribution >= 0.6 is 0 Å². The van der Waals surface area contributed by atoms with Gasteiger partial charge in [0.1, 0.15) is 5.56 Å². The van der Waals surface area contributed by atoms with Gasteiger partial charge < -0.3 is 5.11 Å². The van der Waals surface area contributed by atoms with Crippen molar-refractivity contribution in [3.05, 3.63) is 24.4 Å². The number of nitrogens with one attached hydrogen (secondary N) is 1. The van der Waals surface area contributed by atoms with Crippen LogP contribution in [0.4, 0.5) is 0 Å². The van der Waals surface area contributed by atoms with Crippen LogP contribution in [0.2, 0.25) is 0 Å². The van der Waals surface area contributed by atoms with Crippen molar-refractivity contribution < 1.29 is 18.3 Å². The average molecular weight is 299 g/mol. The van der Waals surface area contributed by atoms with E-state index in [-0.39, 0.29) is 23.2 Å². The van der Waals surface area contributed by atoms with Crippen LogP contribution in [-0.4, -0.2) is 46.6 Å². The molecule has 1 aliphatic rings. The van der Waals surface area contributed by atoms with E-state index in [2.05, 4.69) is 16.8 Å². The third-order valence-corrected chi connectivity index (χ3v) is 5.33. The molecule has 1 aromatic heterocycles. The smallest absolute Gasteiger partial charge is 0.340 e. The maximum atomic E-state index is 12.6. The van der Waals surface area contributed by atoms with Crippen LogP contribution in [0.1, 0.15) is 36.0 Å². The summed E-state index contributed by atoms with van der Waals surface area (Å²) < 4.78 is 26.6. The summed E-state index contributed by atoms with van der Waals surface area (Å²) in [7, 11) is -3.92. The van der Waals surface area contributed by atoms with E-state index in [4.69, 9.17) is 5.11 Å². The van der Waals surface area contributed by atoms with Crippen LogP contribution in [-0.2, 0) is 10.0 Å². The molecule has 1 fully saturated rings. The summed E-state index contributed by atoms with van der Waals surface area (Å²) in [4.78, 5) is 11.1. The molecule has 0 aliphatic heterocycles. The third kappa shape index (κ3) is 2.61. The highest BCUT2D eigenvalue weighted by atomic mass is 32.2. The summed E-state index contributed by atoms with van der Waals surface area (Å²) in [5.74, 6) is -1.32. The van der Waals surface area contributed by atoms with Crippen molar-refractivity contribution in [3.8, 4) is 0 Å². The lowest BCUT2D eigenvalue weighted by Crippen LogP contribution is -2.39. The number of nitrogens with zero attached hydrogens (tertiary/aromatic N) is 2. The second kappa shape index (κ2) is 5.76. The molecule has 7 nitrogen and oxygen atoms in total. The summed E-state index contributed by atoms with van der Waals surface area (Å²) in [6, 6.07) is -0.108. The molecule has 0 saturated heterocycles. The molecule has 8 heteroatoms. The van der Waals surface area contributed by atoms with Crippen molar-refractivity contribution in [2.24, 2.45) is 0 Å². The first-order chi connectivity index (χ1) is 9.48. The maximum Gasteiger partial charge on any atom is 0.340 e. The van der Waals surface area contributed by atoms with Crippen molar-refractivity contribution in [1.82, 2.24) is 14.5 Å². The lowest BCUT2D eigenvalue weighted by atomic mass is 10.2. The van der Waals surface area contributed by atoms with E-state index in [0.29, 0.717) is 0 Å². The van der Waals surface area contributed by atoms with Crippen molar-refractivity contribution in [1.29, 1.82) is 0 Å². The van der Waals surface area contributed by atoms with Crippen LogP contribution in [0, 0.1) is 0 Å². The van der Waals surface area contributed by atoms with Crippen LogP contribution < -0.4 is 0 Å². The van der Waals surface area contributed by atoms with Crippen LogP contribution in [0.5, 0.6) is 0 Å². The Morgan fingerprint density at radius 1 is 1.55 bits per heavy atom. The predicted molar refractivity (Wildman–Crippen MR) is 71.9 cm³/mol. The van der Waals surface area contributed by atoms with E-state index in [0.717, 1.165) is 31.9 Å². The molecule has 110 valence electrons. The standard InChI is InChI=1S/C12H17N3O4S/c1-2-7-15(9-5-3-4-6-9)20(18,19)11-10(12(16)17)8-13-14-11/h2,8-9H,1,3-7H2,(H,13,14)(H,16,17). The number of carbonyl (C=O) groups is 1. The number of aromatic nitrogens is 2. The minimum absolute atomic E-state index is 0.108. The van der Waals surface area contributed by atoms with Gasteiger partial charge >= 0.3 is 5.97 Å². The molecular weight excluding hydrogens is 282 g/mol. The Balaban J connectivity index is 2.41.